The topological polar surface area (TPSA) is 141 Å². The Morgan fingerprint density at radius 2 is 1.97 bits per heavy atom. The summed E-state index contributed by atoms with van der Waals surface area (Å²) in [5.74, 6) is 0.896. The van der Waals surface area contributed by atoms with Crippen LogP contribution in [0.1, 0.15) is 46.7 Å². The molecule has 0 spiro atoms. The van der Waals surface area contributed by atoms with Crippen LogP contribution in [0.25, 0.3) is 20.7 Å². The van der Waals surface area contributed by atoms with Crippen molar-refractivity contribution in [1.29, 1.82) is 0 Å². The van der Waals surface area contributed by atoms with Crippen LogP contribution in [0.5, 0.6) is 0 Å². The number of nitrogen functional groups attached to an aromatic ring is 1. The predicted molar refractivity (Wildman–Crippen MR) is 154 cm³/mol. The highest BCUT2D eigenvalue weighted by Gasteiger charge is 2.31. The molecule has 39 heavy (non-hydrogen) atoms. The Morgan fingerprint density at radius 3 is 2.74 bits per heavy atom. The smallest absolute Gasteiger partial charge is 0.277 e. The first-order valence-electron chi connectivity index (χ1n) is 12.5. The highest BCUT2D eigenvalue weighted by molar-refractivity contribution is 7.19. The lowest BCUT2D eigenvalue weighted by Gasteiger charge is -2.18. The lowest BCUT2D eigenvalue weighted by molar-refractivity contribution is -0.124. The van der Waals surface area contributed by atoms with Crippen LogP contribution in [0.3, 0.4) is 0 Å². The van der Waals surface area contributed by atoms with Crippen LogP contribution >= 0.6 is 22.7 Å². The van der Waals surface area contributed by atoms with Gasteiger partial charge in [-0.05, 0) is 38.0 Å². The summed E-state index contributed by atoms with van der Waals surface area (Å²) in [4.78, 5) is 36.2. The molecule has 0 unspecified atom stereocenters. The van der Waals surface area contributed by atoms with Gasteiger partial charge in [-0.15, -0.1) is 21.5 Å². The number of thiophene rings is 1. The molecule has 0 radical (unpaired) electrons. The quantitative estimate of drug-likeness (QED) is 0.269. The summed E-state index contributed by atoms with van der Waals surface area (Å²) >= 11 is 3.11. The van der Waals surface area contributed by atoms with Crippen molar-refractivity contribution in [2.75, 3.05) is 11.1 Å². The lowest BCUT2D eigenvalue weighted by Crippen LogP contribution is -2.36. The molecule has 1 aromatic carbocycles. The van der Waals surface area contributed by atoms with Gasteiger partial charge in [-0.1, -0.05) is 35.6 Å². The number of rotatable bonds is 7. The number of carbonyl (C=O) groups is 1. The first-order valence-corrected chi connectivity index (χ1v) is 14.2. The Bertz CT molecular complexity index is 1740. The largest absolute Gasteiger partial charge is 0.384 e. The Labute approximate surface area is 232 Å². The predicted octanol–water partition coefficient (Wildman–Crippen LogP) is 4.24. The summed E-state index contributed by atoms with van der Waals surface area (Å²) in [5, 5.41) is 17.3. The fraction of sp³-hybridized carbons (Fsp3) is 0.259. The van der Waals surface area contributed by atoms with Crippen LogP contribution in [-0.4, -0.2) is 30.6 Å². The molecular formula is C27H26N8O2S2. The van der Waals surface area contributed by atoms with E-state index in [1.165, 1.54) is 4.57 Å². The normalized spacial score (nSPS) is 15.3. The van der Waals surface area contributed by atoms with Gasteiger partial charge in [0.25, 0.3) is 5.56 Å². The molecular weight excluding hydrogens is 532 g/mol. The Kier molecular flexibility index (Phi) is 6.57. The average molecular weight is 559 g/mol. The van der Waals surface area contributed by atoms with Crippen molar-refractivity contribution in [2.45, 2.75) is 45.3 Å². The van der Waals surface area contributed by atoms with E-state index in [1.54, 1.807) is 35.1 Å². The van der Waals surface area contributed by atoms with Crippen molar-refractivity contribution in [2.24, 2.45) is 0 Å². The van der Waals surface area contributed by atoms with Gasteiger partial charge in [-0.2, -0.15) is 0 Å². The Hall–Kier alpha value is -4.16. The Balaban J connectivity index is 1.15. The van der Waals surface area contributed by atoms with Gasteiger partial charge in [0.1, 0.15) is 33.4 Å². The molecule has 5 aromatic rings. The molecule has 198 valence electrons. The number of benzene rings is 1. The van der Waals surface area contributed by atoms with Crippen molar-refractivity contribution >= 4 is 50.2 Å². The molecule has 0 saturated heterocycles. The highest BCUT2D eigenvalue weighted by atomic mass is 32.1. The number of fused-ring (bicyclic) bond motifs is 2. The van der Waals surface area contributed by atoms with Gasteiger partial charge in [0.05, 0.1) is 12.7 Å². The number of hydrogen-bond donors (Lipinski definition) is 3. The second-order valence-corrected chi connectivity index (χ2v) is 11.9. The van der Waals surface area contributed by atoms with Crippen molar-refractivity contribution in [1.82, 2.24) is 30.0 Å². The summed E-state index contributed by atoms with van der Waals surface area (Å²) in [6.07, 6.45) is 4.41. The first kappa shape index (κ1) is 25.1. The van der Waals surface area contributed by atoms with Crippen LogP contribution in [0, 0.1) is 6.92 Å². The number of carbonyl (C=O) groups excluding carboxylic acids is 1. The molecule has 10 nitrogen and oxygen atoms in total. The van der Waals surface area contributed by atoms with E-state index in [0.29, 0.717) is 36.7 Å². The molecule has 0 aliphatic carbocycles. The molecule has 1 aliphatic heterocycles. The number of aryl methyl sites for hydroxylation is 2. The van der Waals surface area contributed by atoms with Gasteiger partial charge in [0, 0.05) is 39.2 Å². The summed E-state index contributed by atoms with van der Waals surface area (Å²) in [6.45, 7) is 4.28. The van der Waals surface area contributed by atoms with Crippen LogP contribution in [0.2, 0.25) is 0 Å². The second kappa shape index (κ2) is 10.2. The zero-order valence-electron chi connectivity index (χ0n) is 21.3. The minimum Gasteiger partial charge on any atom is -0.384 e. The van der Waals surface area contributed by atoms with E-state index in [9.17, 15) is 9.59 Å². The zero-order chi connectivity index (χ0) is 27.1. The van der Waals surface area contributed by atoms with E-state index in [1.807, 2.05) is 50.2 Å². The van der Waals surface area contributed by atoms with Crippen LogP contribution in [0.4, 0.5) is 11.5 Å². The van der Waals surface area contributed by atoms with Crippen LogP contribution in [-0.2, 0) is 17.8 Å². The van der Waals surface area contributed by atoms with Crippen molar-refractivity contribution < 1.29 is 4.79 Å². The maximum atomic E-state index is 13.5. The van der Waals surface area contributed by atoms with Crippen molar-refractivity contribution in [3.63, 3.8) is 0 Å². The molecule has 0 fully saturated rings. The minimum atomic E-state index is -0.599. The fourth-order valence-corrected chi connectivity index (χ4v) is 6.50. The summed E-state index contributed by atoms with van der Waals surface area (Å²) in [6, 6.07) is 11.1. The molecule has 5 heterocycles. The lowest BCUT2D eigenvalue weighted by atomic mass is 10.1. The number of nitrogens with one attached hydrogen (secondary N) is 2. The summed E-state index contributed by atoms with van der Waals surface area (Å²) in [7, 11) is 0. The SMILES string of the molecule is Cc1nnc(-c2ccc([C@@H](C)Nc3cnc4n(c3=O)[C@H](C(=O)NCc3cc5cnc(N)cc5s3)CC4)cc2)s1. The van der Waals surface area contributed by atoms with Crippen LogP contribution < -0.4 is 21.9 Å². The maximum absolute atomic E-state index is 13.5. The second-order valence-electron chi connectivity index (χ2n) is 9.51. The van der Waals surface area contributed by atoms with Crippen LogP contribution in [0.15, 0.2) is 53.6 Å². The molecule has 4 N–H and O–H groups in total. The van der Waals surface area contributed by atoms with Gasteiger partial charge in [-0.3, -0.25) is 14.2 Å². The number of nitrogens with two attached hydrogens (primary N) is 1. The van der Waals surface area contributed by atoms with Gasteiger partial charge in [0.2, 0.25) is 5.91 Å². The third-order valence-corrected chi connectivity index (χ3v) is 8.78. The number of aromatic nitrogens is 5. The molecule has 2 atom stereocenters. The molecule has 0 bridgehead atoms. The summed E-state index contributed by atoms with van der Waals surface area (Å²) < 4.78 is 2.55. The van der Waals surface area contributed by atoms with E-state index in [0.717, 1.165) is 36.1 Å². The summed E-state index contributed by atoms with van der Waals surface area (Å²) in [5.41, 5.74) is 7.92. The monoisotopic (exact) mass is 558 g/mol. The number of hydrogen-bond acceptors (Lipinski definition) is 10. The standard InChI is InChI=1S/C27H26N8O2S2/c1-14(16-3-5-17(6-4-16)26-34-33-15(2)38-26)32-20-13-30-24-8-7-21(35(24)27(20)37)25(36)31-12-19-9-18-11-29-23(28)10-22(18)39-19/h3-6,9-11,13-14,21,32H,7-8,12H2,1-2H3,(H2,28,29)(H,31,36)/t14-,21+/m1/s1. The van der Waals surface area contributed by atoms with E-state index < -0.39 is 6.04 Å². The molecule has 12 heteroatoms. The number of nitrogens with zero attached hydrogens (tertiary/aromatic N) is 5. The highest BCUT2D eigenvalue weighted by Crippen LogP contribution is 2.29. The molecule has 4 aromatic heterocycles. The van der Waals surface area contributed by atoms with Gasteiger partial charge >= 0.3 is 0 Å². The zero-order valence-corrected chi connectivity index (χ0v) is 23.0. The van der Waals surface area contributed by atoms with Gasteiger partial charge in [-0.25, -0.2) is 9.97 Å². The number of pyridine rings is 1. The van der Waals surface area contributed by atoms with E-state index in [4.69, 9.17) is 5.73 Å². The average Bonchev–Trinajstić information content (AvgIpc) is 3.67. The van der Waals surface area contributed by atoms with Gasteiger partial charge < -0.3 is 16.4 Å². The third-order valence-electron chi connectivity index (χ3n) is 6.79. The van der Waals surface area contributed by atoms with Gasteiger partial charge in [0.15, 0.2) is 0 Å². The van der Waals surface area contributed by atoms with Crippen molar-refractivity contribution in [3.05, 3.63) is 80.4 Å². The van der Waals surface area contributed by atoms with E-state index >= 15 is 0 Å². The third kappa shape index (κ3) is 5.00. The van der Waals surface area contributed by atoms with E-state index in [2.05, 4.69) is 30.8 Å². The molecule has 1 amide bonds. The fourth-order valence-electron chi connectivity index (χ4n) is 4.78. The maximum Gasteiger partial charge on any atom is 0.277 e. The van der Waals surface area contributed by atoms with E-state index in [-0.39, 0.29) is 17.5 Å². The first-order chi connectivity index (χ1) is 18.9. The molecule has 1 aliphatic rings. The Morgan fingerprint density at radius 1 is 1.15 bits per heavy atom. The molecule has 6 rings (SSSR count). The molecule has 0 saturated carbocycles. The van der Waals surface area contributed by atoms with Crippen molar-refractivity contribution in [3.8, 4) is 10.6 Å². The number of amides is 1. The number of anilines is 2. The minimum absolute atomic E-state index is 0.145.